The first-order chi connectivity index (χ1) is 7.75. The van der Waals surface area contributed by atoms with Crippen molar-refractivity contribution in [1.29, 1.82) is 0 Å². The molecule has 0 aliphatic heterocycles. The van der Waals surface area contributed by atoms with Gasteiger partial charge in [-0.25, -0.2) is 4.98 Å². The summed E-state index contributed by atoms with van der Waals surface area (Å²) in [5, 5.41) is 3.24. The summed E-state index contributed by atoms with van der Waals surface area (Å²) >= 11 is 5.91. The molecule has 0 unspecified atom stereocenters. The fourth-order valence-corrected chi connectivity index (χ4v) is 2.31. The van der Waals surface area contributed by atoms with Crippen LogP contribution < -0.4 is 5.32 Å². The zero-order valence-corrected chi connectivity index (χ0v) is 9.83. The molecule has 4 heteroatoms. The van der Waals surface area contributed by atoms with Crippen LogP contribution in [0.5, 0.6) is 0 Å². The number of halogens is 1. The highest BCUT2D eigenvalue weighted by Gasteiger charge is 2.18. The van der Waals surface area contributed by atoms with Crippen LogP contribution in [-0.2, 0) is 4.79 Å². The molecular weight excluding hydrogens is 224 g/mol. The number of aromatic nitrogens is 1. The van der Waals surface area contributed by atoms with Crippen LogP contribution >= 0.6 is 11.6 Å². The second-order valence-corrected chi connectivity index (χ2v) is 4.64. The minimum Gasteiger partial charge on any atom is -0.309 e. The number of amides is 1. The Kier molecular flexibility index (Phi) is 3.78. The predicted octanol–water partition coefficient (Wildman–Crippen LogP) is 3.25. The van der Waals surface area contributed by atoms with E-state index >= 15 is 0 Å². The topological polar surface area (TPSA) is 42.0 Å². The van der Waals surface area contributed by atoms with E-state index in [0.29, 0.717) is 23.2 Å². The minimum atomic E-state index is 0.0208. The van der Waals surface area contributed by atoms with E-state index in [-0.39, 0.29) is 5.91 Å². The van der Waals surface area contributed by atoms with Crippen LogP contribution in [0.15, 0.2) is 18.3 Å². The van der Waals surface area contributed by atoms with Crippen molar-refractivity contribution in [2.45, 2.75) is 32.1 Å². The average Bonchev–Trinajstić information content (AvgIpc) is 2.74. The molecule has 3 nitrogen and oxygen atoms in total. The molecule has 0 saturated heterocycles. The SMILES string of the molecule is O=C(CC1CCCC1)Nc1ncccc1Cl. The molecule has 1 N–H and O–H groups in total. The molecule has 0 bridgehead atoms. The average molecular weight is 239 g/mol. The summed E-state index contributed by atoms with van der Waals surface area (Å²) in [5.74, 6) is 1.03. The van der Waals surface area contributed by atoms with Gasteiger partial charge in [-0.05, 0) is 30.9 Å². The lowest BCUT2D eigenvalue weighted by Gasteiger charge is -2.09. The van der Waals surface area contributed by atoms with Crippen LogP contribution in [0, 0.1) is 5.92 Å². The molecule has 1 aliphatic carbocycles. The number of rotatable bonds is 3. The lowest BCUT2D eigenvalue weighted by molar-refractivity contribution is -0.117. The quantitative estimate of drug-likeness (QED) is 0.878. The van der Waals surface area contributed by atoms with Gasteiger partial charge in [-0.1, -0.05) is 24.4 Å². The molecule has 1 aliphatic rings. The van der Waals surface area contributed by atoms with Gasteiger partial charge in [-0.15, -0.1) is 0 Å². The molecule has 1 fully saturated rings. The maximum Gasteiger partial charge on any atom is 0.225 e. The number of anilines is 1. The van der Waals surface area contributed by atoms with Crippen molar-refractivity contribution in [1.82, 2.24) is 4.98 Å². The van der Waals surface area contributed by atoms with Gasteiger partial charge in [0.2, 0.25) is 5.91 Å². The van der Waals surface area contributed by atoms with Crippen molar-refractivity contribution >= 4 is 23.3 Å². The van der Waals surface area contributed by atoms with Crippen LogP contribution in [0.3, 0.4) is 0 Å². The van der Waals surface area contributed by atoms with E-state index in [2.05, 4.69) is 10.3 Å². The third-order valence-corrected chi connectivity index (χ3v) is 3.27. The Morgan fingerprint density at radius 3 is 2.94 bits per heavy atom. The first kappa shape index (κ1) is 11.4. The first-order valence-electron chi connectivity index (χ1n) is 5.66. The molecule has 0 aromatic carbocycles. The highest BCUT2D eigenvalue weighted by Crippen LogP contribution is 2.28. The summed E-state index contributed by atoms with van der Waals surface area (Å²) in [4.78, 5) is 15.7. The van der Waals surface area contributed by atoms with Crippen molar-refractivity contribution in [2.24, 2.45) is 5.92 Å². The van der Waals surface area contributed by atoms with Gasteiger partial charge in [0.15, 0.2) is 5.82 Å². The molecule has 1 amide bonds. The smallest absolute Gasteiger partial charge is 0.225 e. The van der Waals surface area contributed by atoms with Gasteiger partial charge in [-0.2, -0.15) is 0 Å². The summed E-state index contributed by atoms with van der Waals surface area (Å²) in [5.41, 5.74) is 0. The van der Waals surface area contributed by atoms with Gasteiger partial charge in [0.1, 0.15) is 0 Å². The van der Waals surface area contributed by atoms with Crippen LogP contribution in [0.2, 0.25) is 5.02 Å². The van der Waals surface area contributed by atoms with Crippen molar-refractivity contribution in [3.05, 3.63) is 23.4 Å². The minimum absolute atomic E-state index is 0.0208. The molecular formula is C12H15ClN2O. The fourth-order valence-electron chi connectivity index (χ4n) is 2.14. The highest BCUT2D eigenvalue weighted by atomic mass is 35.5. The summed E-state index contributed by atoms with van der Waals surface area (Å²) in [7, 11) is 0. The zero-order chi connectivity index (χ0) is 11.4. The van der Waals surface area contributed by atoms with E-state index in [0.717, 1.165) is 0 Å². The number of hydrogen-bond donors (Lipinski definition) is 1. The van der Waals surface area contributed by atoms with E-state index in [1.807, 2.05) is 0 Å². The number of nitrogens with one attached hydrogen (secondary N) is 1. The van der Waals surface area contributed by atoms with E-state index in [9.17, 15) is 4.79 Å². The molecule has 2 rings (SSSR count). The molecule has 0 radical (unpaired) electrons. The largest absolute Gasteiger partial charge is 0.309 e. The van der Waals surface area contributed by atoms with Gasteiger partial charge < -0.3 is 5.32 Å². The van der Waals surface area contributed by atoms with E-state index in [1.54, 1.807) is 18.3 Å². The van der Waals surface area contributed by atoms with Gasteiger partial charge in [0, 0.05) is 12.6 Å². The Labute approximate surface area is 100 Å². The van der Waals surface area contributed by atoms with Gasteiger partial charge in [0.05, 0.1) is 5.02 Å². The number of hydrogen-bond acceptors (Lipinski definition) is 2. The number of pyridine rings is 1. The van der Waals surface area contributed by atoms with Crippen molar-refractivity contribution in [3.8, 4) is 0 Å². The maximum absolute atomic E-state index is 11.7. The fraction of sp³-hybridized carbons (Fsp3) is 0.500. The Hall–Kier alpha value is -1.09. The summed E-state index contributed by atoms with van der Waals surface area (Å²) in [6.07, 6.45) is 7.06. The van der Waals surface area contributed by atoms with E-state index in [4.69, 9.17) is 11.6 Å². The van der Waals surface area contributed by atoms with Crippen LogP contribution in [-0.4, -0.2) is 10.9 Å². The molecule has 86 valence electrons. The summed E-state index contributed by atoms with van der Waals surface area (Å²) < 4.78 is 0. The zero-order valence-electron chi connectivity index (χ0n) is 9.08. The Balaban J connectivity index is 1.89. The van der Waals surface area contributed by atoms with Crippen molar-refractivity contribution in [3.63, 3.8) is 0 Å². The Morgan fingerprint density at radius 1 is 1.50 bits per heavy atom. The molecule has 0 spiro atoms. The highest BCUT2D eigenvalue weighted by molar-refractivity contribution is 6.33. The molecule has 16 heavy (non-hydrogen) atoms. The third-order valence-electron chi connectivity index (χ3n) is 2.97. The standard InChI is InChI=1S/C12H15ClN2O/c13-10-6-3-7-14-12(10)15-11(16)8-9-4-1-2-5-9/h3,6-7,9H,1-2,4-5,8H2,(H,14,15,16). The lowest BCUT2D eigenvalue weighted by Crippen LogP contribution is -2.16. The van der Waals surface area contributed by atoms with Gasteiger partial charge in [0.25, 0.3) is 0 Å². The van der Waals surface area contributed by atoms with Gasteiger partial charge in [-0.3, -0.25) is 4.79 Å². The normalized spacial score (nSPS) is 16.3. The molecule has 1 saturated carbocycles. The number of nitrogens with zero attached hydrogens (tertiary/aromatic N) is 1. The summed E-state index contributed by atoms with van der Waals surface area (Å²) in [6.45, 7) is 0. The van der Waals surface area contributed by atoms with E-state index in [1.165, 1.54) is 25.7 Å². The van der Waals surface area contributed by atoms with Crippen LogP contribution in [0.4, 0.5) is 5.82 Å². The second-order valence-electron chi connectivity index (χ2n) is 4.24. The third kappa shape index (κ3) is 2.95. The van der Waals surface area contributed by atoms with Crippen molar-refractivity contribution < 1.29 is 4.79 Å². The van der Waals surface area contributed by atoms with Crippen LogP contribution in [0.1, 0.15) is 32.1 Å². The Bertz CT molecular complexity index is 375. The predicted molar refractivity (Wildman–Crippen MR) is 64.5 cm³/mol. The lowest BCUT2D eigenvalue weighted by atomic mass is 10.0. The summed E-state index contributed by atoms with van der Waals surface area (Å²) in [6, 6.07) is 3.47. The monoisotopic (exact) mass is 238 g/mol. The van der Waals surface area contributed by atoms with E-state index < -0.39 is 0 Å². The van der Waals surface area contributed by atoms with Crippen molar-refractivity contribution in [2.75, 3.05) is 5.32 Å². The maximum atomic E-state index is 11.7. The van der Waals surface area contributed by atoms with Gasteiger partial charge >= 0.3 is 0 Å². The first-order valence-corrected chi connectivity index (χ1v) is 6.04. The molecule has 1 heterocycles. The molecule has 0 atom stereocenters. The molecule has 1 aromatic rings. The number of carbonyl (C=O) groups excluding carboxylic acids is 1. The Morgan fingerprint density at radius 2 is 2.25 bits per heavy atom. The second kappa shape index (κ2) is 5.30. The molecule has 1 aromatic heterocycles. The van der Waals surface area contributed by atoms with Crippen LogP contribution in [0.25, 0.3) is 0 Å². The number of carbonyl (C=O) groups is 1.